The first-order valence-electron chi connectivity index (χ1n) is 8.81. The molecule has 0 bridgehead atoms. The highest BCUT2D eigenvalue weighted by atomic mass is 16.3. The Morgan fingerprint density at radius 1 is 1.14 bits per heavy atom. The summed E-state index contributed by atoms with van der Waals surface area (Å²) in [4.78, 5) is 24.8. The van der Waals surface area contributed by atoms with Gasteiger partial charge in [0.15, 0.2) is 5.78 Å². The zero-order chi connectivity index (χ0) is 15.7. The molecule has 6 atom stereocenters. The molecule has 0 aromatic carbocycles. The van der Waals surface area contributed by atoms with Crippen molar-refractivity contribution in [1.29, 1.82) is 0 Å². The van der Waals surface area contributed by atoms with Gasteiger partial charge in [0, 0.05) is 24.2 Å². The molecule has 1 N–H and O–H groups in total. The fourth-order valence-corrected chi connectivity index (χ4v) is 6.36. The lowest BCUT2D eigenvalue weighted by atomic mass is 9.47. The first-order valence-corrected chi connectivity index (χ1v) is 8.81. The van der Waals surface area contributed by atoms with Crippen LogP contribution in [-0.2, 0) is 9.59 Å². The van der Waals surface area contributed by atoms with Crippen molar-refractivity contribution in [2.45, 2.75) is 64.9 Å². The van der Waals surface area contributed by atoms with Crippen molar-refractivity contribution in [2.75, 3.05) is 0 Å². The van der Waals surface area contributed by atoms with E-state index in [-0.39, 0.29) is 28.6 Å². The van der Waals surface area contributed by atoms with Gasteiger partial charge in [-0.25, -0.2) is 0 Å². The lowest BCUT2D eigenvalue weighted by Crippen LogP contribution is -2.55. The molecule has 0 aromatic heterocycles. The van der Waals surface area contributed by atoms with Gasteiger partial charge in [-0.05, 0) is 55.4 Å². The fraction of sp³-hybridized carbons (Fsp3) is 0.789. The van der Waals surface area contributed by atoms with E-state index in [2.05, 4.69) is 13.8 Å². The summed E-state index contributed by atoms with van der Waals surface area (Å²) in [6.07, 6.45) is 7.33. The molecule has 4 aliphatic carbocycles. The van der Waals surface area contributed by atoms with Crippen molar-refractivity contribution in [2.24, 2.45) is 28.6 Å². The number of hydrogen-bond acceptors (Lipinski definition) is 3. The van der Waals surface area contributed by atoms with Crippen LogP contribution in [0.15, 0.2) is 11.6 Å². The molecule has 3 saturated carbocycles. The van der Waals surface area contributed by atoms with Crippen LogP contribution in [-0.4, -0.2) is 22.8 Å². The number of carbonyl (C=O) groups is 2. The second-order valence-corrected chi connectivity index (χ2v) is 8.58. The third-order valence-corrected chi connectivity index (χ3v) is 7.60. The van der Waals surface area contributed by atoms with Gasteiger partial charge >= 0.3 is 0 Å². The van der Waals surface area contributed by atoms with E-state index >= 15 is 0 Å². The minimum atomic E-state index is -0.319. The molecule has 0 aromatic rings. The number of allylic oxidation sites excluding steroid dienone is 1. The standard InChI is InChI=1S/C19H26O3/c1-18-8-7-12(20)9-11(18)3-4-13-14-5-6-16(22)19(14,2)10-15(21)17(13)18/h9,13-14,16-17,22H,3-8,10H2,1-2H3/t13-,14-,16-,17-,18-,19-/m0/s1. The summed E-state index contributed by atoms with van der Waals surface area (Å²) in [5.41, 5.74) is 0.906. The summed E-state index contributed by atoms with van der Waals surface area (Å²) in [6.45, 7) is 4.34. The van der Waals surface area contributed by atoms with Crippen LogP contribution in [0, 0.1) is 28.6 Å². The summed E-state index contributed by atoms with van der Waals surface area (Å²) in [7, 11) is 0. The second-order valence-electron chi connectivity index (χ2n) is 8.58. The summed E-state index contributed by atoms with van der Waals surface area (Å²) < 4.78 is 0. The Morgan fingerprint density at radius 2 is 1.91 bits per heavy atom. The molecule has 0 radical (unpaired) electrons. The SMILES string of the molecule is C[C@]12CC(=O)[C@@H]3[C@@H](CCC4=CC(=O)CC[C@@]43C)[C@@H]1CC[C@@H]2O. The van der Waals surface area contributed by atoms with E-state index in [1.54, 1.807) is 0 Å². The van der Waals surface area contributed by atoms with Crippen LogP contribution in [0.5, 0.6) is 0 Å². The summed E-state index contributed by atoms with van der Waals surface area (Å²) in [5.74, 6) is 1.52. The van der Waals surface area contributed by atoms with E-state index < -0.39 is 0 Å². The predicted molar refractivity (Wildman–Crippen MR) is 83.1 cm³/mol. The molecule has 4 aliphatic rings. The van der Waals surface area contributed by atoms with Gasteiger partial charge in [-0.1, -0.05) is 19.4 Å². The smallest absolute Gasteiger partial charge is 0.155 e. The van der Waals surface area contributed by atoms with E-state index in [0.29, 0.717) is 30.5 Å². The maximum Gasteiger partial charge on any atom is 0.155 e. The number of carbonyl (C=O) groups excluding carboxylic acids is 2. The highest BCUT2D eigenvalue weighted by Crippen LogP contribution is 2.64. The Morgan fingerprint density at radius 3 is 2.68 bits per heavy atom. The molecular formula is C19H26O3. The minimum Gasteiger partial charge on any atom is -0.393 e. The highest BCUT2D eigenvalue weighted by molar-refractivity contribution is 5.93. The molecule has 0 aliphatic heterocycles. The van der Waals surface area contributed by atoms with Gasteiger partial charge in [0.25, 0.3) is 0 Å². The second kappa shape index (κ2) is 4.53. The third-order valence-electron chi connectivity index (χ3n) is 7.60. The Kier molecular flexibility index (Phi) is 3.01. The molecule has 3 heteroatoms. The van der Waals surface area contributed by atoms with Gasteiger partial charge in [-0.2, -0.15) is 0 Å². The molecule has 120 valence electrons. The van der Waals surface area contributed by atoms with Gasteiger partial charge in [0.2, 0.25) is 0 Å². The minimum absolute atomic E-state index is 0.0731. The van der Waals surface area contributed by atoms with Crippen LogP contribution < -0.4 is 0 Å². The zero-order valence-corrected chi connectivity index (χ0v) is 13.6. The number of rotatable bonds is 0. The monoisotopic (exact) mass is 302 g/mol. The normalized spacial score (nSPS) is 51.0. The van der Waals surface area contributed by atoms with E-state index in [9.17, 15) is 14.7 Å². The molecule has 3 nitrogen and oxygen atoms in total. The number of ketones is 2. The van der Waals surface area contributed by atoms with E-state index in [0.717, 1.165) is 32.1 Å². The number of aliphatic hydroxyl groups is 1. The predicted octanol–water partition coefficient (Wildman–Crippen LogP) is 3.06. The molecule has 4 rings (SSSR count). The van der Waals surface area contributed by atoms with Crippen molar-refractivity contribution in [3.63, 3.8) is 0 Å². The van der Waals surface area contributed by atoms with Crippen LogP contribution in [0.25, 0.3) is 0 Å². The van der Waals surface area contributed by atoms with Crippen LogP contribution in [0.3, 0.4) is 0 Å². The summed E-state index contributed by atoms with van der Waals surface area (Å²) in [6, 6.07) is 0. The Balaban J connectivity index is 1.76. The topological polar surface area (TPSA) is 54.4 Å². The molecular weight excluding hydrogens is 276 g/mol. The van der Waals surface area contributed by atoms with Crippen molar-refractivity contribution in [3.05, 3.63) is 11.6 Å². The lowest BCUT2D eigenvalue weighted by Gasteiger charge is -2.56. The molecule has 0 saturated heterocycles. The van der Waals surface area contributed by atoms with Gasteiger partial charge in [0.1, 0.15) is 5.78 Å². The molecule has 22 heavy (non-hydrogen) atoms. The number of aliphatic hydroxyl groups excluding tert-OH is 1. The Labute approximate surface area is 132 Å². The van der Waals surface area contributed by atoms with Gasteiger partial charge in [-0.3, -0.25) is 9.59 Å². The van der Waals surface area contributed by atoms with Gasteiger partial charge in [-0.15, -0.1) is 0 Å². The highest BCUT2D eigenvalue weighted by Gasteiger charge is 2.61. The van der Waals surface area contributed by atoms with Crippen molar-refractivity contribution < 1.29 is 14.7 Å². The van der Waals surface area contributed by atoms with Crippen molar-refractivity contribution in [3.8, 4) is 0 Å². The van der Waals surface area contributed by atoms with Crippen LogP contribution >= 0.6 is 0 Å². The fourth-order valence-electron chi connectivity index (χ4n) is 6.36. The quantitative estimate of drug-likeness (QED) is 0.748. The number of hydrogen-bond donors (Lipinski definition) is 1. The van der Waals surface area contributed by atoms with E-state index in [1.807, 2.05) is 6.08 Å². The van der Waals surface area contributed by atoms with Gasteiger partial charge in [0.05, 0.1) is 6.10 Å². The Hall–Kier alpha value is -0.960. The molecule has 0 spiro atoms. The largest absolute Gasteiger partial charge is 0.393 e. The van der Waals surface area contributed by atoms with Gasteiger partial charge < -0.3 is 5.11 Å². The maximum absolute atomic E-state index is 13.0. The maximum atomic E-state index is 13.0. The Bertz CT molecular complexity index is 577. The summed E-state index contributed by atoms with van der Waals surface area (Å²) >= 11 is 0. The van der Waals surface area contributed by atoms with Crippen molar-refractivity contribution in [1.82, 2.24) is 0 Å². The van der Waals surface area contributed by atoms with Crippen molar-refractivity contribution >= 4 is 11.6 Å². The first-order chi connectivity index (χ1) is 10.4. The average Bonchev–Trinajstić information content (AvgIpc) is 2.75. The van der Waals surface area contributed by atoms with Crippen LogP contribution in [0.2, 0.25) is 0 Å². The van der Waals surface area contributed by atoms with Crippen LogP contribution in [0.4, 0.5) is 0 Å². The third kappa shape index (κ3) is 1.72. The number of fused-ring (bicyclic) bond motifs is 5. The zero-order valence-electron chi connectivity index (χ0n) is 13.6. The van der Waals surface area contributed by atoms with Crippen LogP contribution in [0.1, 0.15) is 58.8 Å². The van der Waals surface area contributed by atoms with E-state index in [1.165, 1.54) is 5.57 Å². The molecule has 0 unspecified atom stereocenters. The molecule has 0 heterocycles. The number of Topliss-reactive ketones (excluding diaryl/α,β-unsaturated/α-hetero) is 1. The molecule has 0 amide bonds. The average molecular weight is 302 g/mol. The lowest BCUT2D eigenvalue weighted by molar-refractivity contribution is -0.148. The molecule has 3 fully saturated rings. The first kappa shape index (κ1) is 14.6. The van der Waals surface area contributed by atoms with E-state index in [4.69, 9.17) is 0 Å². The summed E-state index contributed by atoms with van der Waals surface area (Å²) in [5, 5.41) is 10.4.